The number of hydrogen-bond donors (Lipinski definition) is 3. The number of H-pyrrole nitrogens is 1. The highest BCUT2D eigenvalue weighted by atomic mass is 19.1. The lowest BCUT2D eigenvalue weighted by molar-refractivity contribution is -0.139. The van der Waals surface area contributed by atoms with Crippen LogP contribution in [0.5, 0.6) is 0 Å². The molecule has 0 radical (unpaired) electrons. The molecule has 0 aliphatic heterocycles. The van der Waals surface area contributed by atoms with E-state index < -0.39 is 5.97 Å². The standard InChI is InChI=1S/C20H24FN3O3/c1-11-4-13(21)5-17-16(11)8-18(23-17)20(27)22-14-6-15(7-14)24(10-19(25)26)9-12-2-3-12/h4-5,8,12,14-15,23H,2-3,6-7,9-10H2,1H3,(H,22,27)(H,25,26). The highest BCUT2D eigenvalue weighted by Gasteiger charge is 2.37. The molecule has 4 rings (SSSR count). The van der Waals surface area contributed by atoms with Crippen LogP contribution in [0.2, 0.25) is 0 Å². The van der Waals surface area contributed by atoms with Gasteiger partial charge in [-0.15, -0.1) is 0 Å². The topological polar surface area (TPSA) is 85.4 Å². The first kappa shape index (κ1) is 18.0. The molecule has 2 saturated carbocycles. The summed E-state index contributed by atoms with van der Waals surface area (Å²) in [5, 5.41) is 12.9. The number of carboxylic acid groups (broad SMARTS) is 1. The Balaban J connectivity index is 1.35. The number of aryl methyl sites for hydroxylation is 1. The van der Waals surface area contributed by atoms with Gasteiger partial charge in [0, 0.05) is 29.5 Å². The molecule has 0 spiro atoms. The van der Waals surface area contributed by atoms with Crippen molar-refractivity contribution in [2.45, 2.75) is 44.7 Å². The van der Waals surface area contributed by atoms with Gasteiger partial charge in [0.1, 0.15) is 11.5 Å². The van der Waals surface area contributed by atoms with E-state index >= 15 is 0 Å². The lowest BCUT2D eigenvalue weighted by Crippen LogP contribution is -2.55. The van der Waals surface area contributed by atoms with Crippen LogP contribution in [0.4, 0.5) is 4.39 Å². The van der Waals surface area contributed by atoms with Crippen LogP contribution in [-0.4, -0.2) is 52.0 Å². The first-order chi connectivity index (χ1) is 12.9. The Morgan fingerprint density at radius 1 is 1.30 bits per heavy atom. The molecule has 0 unspecified atom stereocenters. The predicted octanol–water partition coefficient (Wildman–Crippen LogP) is 2.67. The molecule has 2 aliphatic carbocycles. The summed E-state index contributed by atoms with van der Waals surface area (Å²) in [7, 11) is 0. The summed E-state index contributed by atoms with van der Waals surface area (Å²) in [4.78, 5) is 28.6. The second-order valence-electron chi connectivity index (χ2n) is 7.93. The third-order valence-electron chi connectivity index (χ3n) is 5.65. The zero-order valence-electron chi connectivity index (χ0n) is 15.3. The van der Waals surface area contributed by atoms with Crippen molar-refractivity contribution >= 4 is 22.8 Å². The van der Waals surface area contributed by atoms with Gasteiger partial charge in [-0.2, -0.15) is 0 Å². The van der Waals surface area contributed by atoms with E-state index in [2.05, 4.69) is 10.3 Å². The Bertz CT molecular complexity index is 884. The SMILES string of the molecule is Cc1cc(F)cc2[nH]c(C(=O)NC3CC(N(CC(=O)O)CC4CC4)C3)cc12. The van der Waals surface area contributed by atoms with E-state index in [4.69, 9.17) is 5.11 Å². The number of nitrogens with one attached hydrogen (secondary N) is 2. The number of halogens is 1. The first-order valence-electron chi connectivity index (χ1n) is 9.44. The zero-order valence-corrected chi connectivity index (χ0v) is 15.3. The summed E-state index contributed by atoms with van der Waals surface area (Å²) in [5.74, 6) is -0.706. The number of benzene rings is 1. The summed E-state index contributed by atoms with van der Waals surface area (Å²) in [6.07, 6.45) is 3.89. The van der Waals surface area contributed by atoms with Crippen molar-refractivity contribution in [3.8, 4) is 0 Å². The summed E-state index contributed by atoms with van der Waals surface area (Å²) in [6, 6.07) is 4.85. The number of carbonyl (C=O) groups excluding carboxylic acids is 1. The Morgan fingerprint density at radius 3 is 2.70 bits per heavy atom. The smallest absolute Gasteiger partial charge is 0.317 e. The van der Waals surface area contributed by atoms with E-state index in [1.807, 2.05) is 11.8 Å². The van der Waals surface area contributed by atoms with E-state index in [0.29, 0.717) is 17.1 Å². The van der Waals surface area contributed by atoms with E-state index in [1.54, 1.807) is 6.07 Å². The summed E-state index contributed by atoms with van der Waals surface area (Å²) >= 11 is 0. The monoisotopic (exact) mass is 373 g/mol. The van der Waals surface area contributed by atoms with Crippen LogP contribution < -0.4 is 5.32 Å². The highest BCUT2D eigenvalue weighted by Crippen LogP contribution is 2.34. The van der Waals surface area contributed by atoms with Crippen molar-refractivity contribution in [1.82, 2.24) is 15.2 Å². The van der Waals surface area contributed by atoms with Crippen LogP contribution in [-0.2, 0) is 4.79 Å². The average Bonchev–Trinajstić information content (AvgIpc) is 3.25. The van der Waals surface area contributed by atoms with Gasteiger partial charge in [0.15, 0.2) is 0 Å². The molecule has 3 N–H and O–H groups in total. The lowest BCUT2D eigenvalue weighted by atomic mass is 9.85. The fraction of sp³-hybridized carbons (Fsp3) is 0.500. The molecule has 1 heterocycles. The number of fused-ring (bicyclic) bond motifs is 1. The number of carbonyl (C=O) groups is 2. The Kier molecular flexibility index (Phi) is 4.63. The summed E-state index contributed by atoms with van der Waals surface area (Å²) in [5.41, 5.74) is 1.82. The number of amides is 1. The molecule has 2 aliphatic rings. The van der Waals surface area contributed by atoms with Gasteiger partial charge in [0.05, 0.1) is 6.54 Å². The van der Waals surface area contributed by atoms with Gasteiger partial charge in [0.25, 0.3) is 5.91 Å². The molecule has 2 fully saturated rings. The summed E-state index contributed by atoms with van der Waals surface area (Å²) < 4.78 is 13.5. The van der Waals surface area contributed by atoms with Crippen molar-refractivity contribution in [2.75, 3.05) is 13.1 Å². The zero-order chi connectivity index (χ0) is 19.1. The molecule has 7 heteroatoms. The lowest BCUT2D eigenvalue weighted by Gasteiger charge is -2.42. The molecule has 0 saturated heterocycles. The number of carboxylic acids is 1. The average molecular weight is 373 g/mol. The number of rotatable bonds is 7. The number of aromatic amines is 1. The minimum absolute atomic E-state index is 0.0437. The van der Waals surface area contributed by atoms with E-state index in [1.165, 1.54) is 25.0 Å². The minimum Gasteiger partial charge on any atom is -0.480 e. The maximum absolute atomic E-state index is 13.5. The molecule has 1 aromatic heterocycles. The normalized spacial score (nSPS) is 22.0. The Labute approximate surface area is 156 Å². The van der Waals surface area contributed by atoms with Crippen LogP contribution in [0.25, 0.3) is 10.9 Å². The summed E-state index contributed by atoms with van der Waals surface area (Å²) in [6.45, 7) is 2.72. The van der Waals surface area contributed by atoms with Gasteiger partial charge in [-0.3, -0.25) is 14.5 Å². The second-order valence-corrected chi connectivity index (χ2v) is 7.93. The van der Waals surface area contributed by atoms with Crippen LogP contribution in [0.15, 0.2) is 18.2 Å². The third-order valence-corrected chi connectivity index (χ3v) is 5.65. The number of hydrogen-bond acceptors (Lipinski definition) is 3. The van der Waals surface area contributed by atoms with Gasteiger partial charge in [0.2, 0.25) is 0 Å². The van der Waals surface area contributed by atoms with Crippen molar-refractivity contribution in [1.29, 1.82) is 0 Å². The van der Waals surface area contributed by atoms with Crippen molar-refractivity contribution in [3.63, 3.8) is 0 Å². The Morgan fingerprint density at radius 2 is 2.04 bits per heavy atom. The van der Waals surface area contributed by atoms with Crippen LogP contribution >= 0.6 is 0 Å². The molecule has 2 aromatic rings. The Hall–Kier alpha value is -2.41. The third kappa shape index (κ3) is 3.98. The van der Waals surface area contributed by atoms with Gasteiger partial charge < -0.3 is 15.4 Å². The maximum Gasteiger partial charge on any atom is 0.317 e. The first-order valence-corrected chi connectivity index (χ1v) is 9.44. The minimum atomic E-state index is -0.802. The predicted molar refractivity (Wildman–Crippen MR) is 99.2 cm³/mol. The molecule has 0 atom stereocenters. The molecule has 1 aromatic carbocycles. The highest BCUT2D eigenvalue weighted by molar-refractivity contribution is 5.99. The van der Waals surface area contributed by atoms with Crippen molar-refractivity contribution < 1.29 is 19.1 Å². The van der Waals surface area contributed by atoms with E-state index in [-0.39, 0.29) is 30.4 Å². The van der Waals surface area contributed by atoms with Crippen molar-refractivity contribution in [2.24, 2.45) is 5.92 Å². The van der Waals surface area contributed by atoms with Crippen LogP contribution in [0.3, 0.4) is 0 Å². The number of aromatic nitrogens is 1. The molecule has 0 bridgehead atoms. The molecule has 144 valence electrons. The second kappa shape index (κ2) is 6.96. The molecular weight excluding hydrogens is 349 g/mol. The van der Waals surface area contributed by atoms with Crippen molar-refractivity contribution in [3.05, 3.63) is 35.3 Å². The fourth-order valence-corrected chi connectivity index (χ4v) is 3.91. The maximum atomic E-state index is 13.5. The number of nitrogens with zero attached hydrogens (tertiary/aromatic N) is 1. The quantitative estimate of drug-likeness (QED) is 0.697. The van der Waals surface area contributed by atoms with E-state index in [9.17, 15) is 14.0 Å². The molecular formula is C20H24FN3O3. The molecule has 27 heavy (non-hydrogen) atoms. The number of aliphatic carboxylic acids is 1. The van der Waals surface area contributed by atoms with Gasteiger partial charge in [-0.1, -0.05) is 0 Å². The van der Waals surface area contributed by atoms with Crippen LogP contribution in [0.1, 0.15) is 41.7 Å². The van der Waals surface area contributed by atoms with Crippen LogP contribution in [0, 0.1) is 18.7 Å². The van der Waals surface area contributed by atoms with Gasteiger partial charge in [-0.25, -0.2) is 4.39 Å². The van der Waals surface area contributed by atoms with Gasteiger partial charge in [-0.05, 0) is 62.3 Å². The van der Waals surface area contributed by atoms with E-state index in [0.717, 1.165) is 30.3 Å². The van der Waals surface area contributed by atoms with Gasteiger partial charge >= 0.3 is 5.97 Å². The molecule has 1 amide bonds. The molecule has 6 nitrogen and oxygen atoms in total. The fourth-order valence-electron chi connectivity index (χ4n) is 3.91. The largest absolute Gasteiger partial charge is 0.480 e.